The van der Waals surface area contributed by atoms with Gasteiger partial charge in [0.15, 0.2) is 0 Å². The maximum atomic E-state index is 13.6. The number of hydrogen-bond donors (Lipinski definition) is 0. The highest BCUT2D eigenvalue weighted by Crippen LogP contribution is 2.41. The first-order chi connectivity index (χ1) is 19.7. The van der Waals surface area contributed by atoms with Gasteiger partial charge in [0, 0.05) is 33.6 Å². The van der Waals surface area contributed by atoms with Crippen molar-refractivity contribution in [1.82, 2.24) is 9.55 Å². The number of cyclic esters (lactones) is 1. The molecule has 1 aromatic carbocycles. The lowest BCUT2D eigenvalue weighted by Crippen LogP contribution is -2.47. The summed E-state index contributed by atoms with van der Waals surface area (Å²) < 4.78 is 22.9. The first-order valence-corrected chi connectivity index (χ1v) is 15.5. The van der Waals surface area contributed by atoms with Crippen LogP contribution in [0.2, 0.25) is 0 Å². The van der Waals surface area contributed by atoms with Crippen LogP contribution in [0.1, 0.15) is 37.0 Å². The van der Waals surface area contributed by atoms with Gasteiger partial charge in [-0.1, -0.05) is 53.3 Å². The summed E-state index contributed by atoms with van der Waals surface area (Å²) in [4.78, 5) is 55.6. The molecule has 0 spiro atoms. The molecule has 2 aromatic heterocycles. The minimum atomic E-state index is -1.83. The van der Waals surface area contributed by atoms with Crippen molar-refractivity contribution in [3.63, 3.8) is 0 Å². The van der Waals surface area contributed by atoms with Crippen molar-refractivity contribution >= 4 is 50.6 Å². The number of carbonyl (C=O) groups is 3. The van der Waals surface area contributed by atoms with E-state index in [2.05, 4.69) is 6.58 Å². The van der Waals surface area contributed by atoms with Gasteiger partial charge < -0.3 is 23.5 Å². The van der Waals surface area contributed by atoms with E-state index < -0.39 is 23.7 Å². The second kappa shape index (κ2) is 12.0. The van der Waals surface area contributed by atoms with Crippen LogP contribution in [0.25, 0.3) is 22.3 Å². The molecule has 2 aliphatic rings. The standard InChI is InChI=1S/C29H28N2O8S2/c1-4-29(39-28(35)37-10-12-41-40-11-9-36-26(33)17(2)3)21-14-23-24-19(13-18-7-5-6-8-22(18)30-24)15-31(23)25(32)20(21)16-38-27(29)34/h5-8,13-14H,2,4,9-12,15-16H2,1,3H3. The molecule has 5 rings (SSSR count). The molecule has 0 bridgehead atoms. The zero-order chi connectivity index (χ0) is 29.1. The number of pyridine rings is 2. The Kier molecular flexibility index (Phi) is 8.41. The highest BCUT2D eigenvalue weighted by Gasteiger charge is 2.51. The Morgan fingerprint density at radius 1 is 1.12 bits per heavy atom. The van der Waals surface area contributed by atoms with Crippen molar-refractivity contribution in [2.45, 2.75) is 39.0 Å². The molecule has 214 valence electrons. The Morgan fingerprint density at radius 3 is 2.59 bits per heavy atom. The first kappa shape index (κ1) is 28.7. The van der Waals surface area contributed by atoms with E-state index in [1.165, 1.54) is 21.6 Å². The van der Waals surface area contributed by atoms with Gasteiger partial charge in [0.2, 0.25) is 5.60 Å². The SMILES string of the molecule is C=C(C)C(=O)OCCSSCCOC(=O)OC1(CC)C(=O)OCc2c1cc1n(c2=O)Cc2cc3ccccc3nc2-1. The van der Waals surface area contributed by atoms with Gasteiger partial charge in [-0.15, -0.1) is 0 Å². The van der Waals surface area contributed by atoms with Gasteiger partial charge in [0.1, 0.15) is 19.8 Å². The number of esters is 2. The molecule has 10 nitrogen and oxygen atoms in total. The smallest absolute Gasteiger partial charge is 0.461 e. The molecule has 0 saturated heterocycles. The fraction of sp³-hybridized carbons (Fsp3) is 0.345. The summed E-state index contributed by atoms with van der Waals surface area (Å²) in [6.45, 7) is 7.19. The van der Waals surface area contributed by atoms with E-state index in [4.69, 9.17) is 23.9 Å². The zero-order valence-electron chi connectivity index (χ0n) is 22.6. The monoisotopic (exact) mass is 596 g/mol. The summed E-state index contributed by atoms with van der Waals surface area (Å²) in [7, 11) is 2.89. The van der Waals surface area contributed by atoms with E-state index in [9.17, 15) is 19.2 Å². The Hall–Kier alpha value is -3.77. The maximum absolute atomic E-state index is 13.6. The summed E-state index contributed by atoms with van der Waals surface area (Å²) in [5.41, 5.74) is 1.64. The van der Waals surface area contributed by atoms with Gasteiger partial charge in [-0.25, -0.2) is 19.4 Å². The van der Waals surface area contributed by atoms with Crippen molar-refractivity contribution in [2.24, 2.45) is 0 Å². The molecule has 1 atom stereocenters. The maximum Gasteiger partial charge on any atom is 0.509 e. The lowest BCUT2D eigenvalue weighted by atomic mass is 9.85. The molecular weight excluding hydrogens is 568 g/mol. The predicted molar refractivity (Wildman–Crippen MR) is 155 cm³/mol. The summed E-state index contributed by atoms with van der Waals surface area (Å²) in [5, 5.41) is 0.965. The van der Waals surface area contributed by atoms with Crippen molar-refractivity contribution < 1.29 is 33.3 Å². The number of aromatic nitrogens is 2. The van der Waals surface area contributed by atoms with Gasteiger partial charge in [0.25, 0.3) is 5.56 Å². The molecule has 12 heteroatoms. The van der Waals surface area contributed by atoms with Gasteiger partial charge in [-0.3, -0.25) is 4.79 Å². The van der Waals surface area contributed by atoms with E-state index in [-0.39, 0.29) is 37.4 Å². The number of para-hydroxylation sites is 1. The first-order valence-electron chi connectivity index (χ1n) is 13.0. The van der Waals surface area contributed by atoms with Crippen molar-refractivity contribution in [3.8, 4) is 11.4 Å². The largest absolute Gasteiger partial charge is 0.509 e. The minimum absolute atomic E-state index is 0.0287. The number of ether oxygens (including phenoxy) is 4. The van der Waals surface area contributed by atoms with Gasteiger partial charge in [-0.05, 0) is 31.5 Å². The molecule has 1 unspecified atom stereocenters. The fourth-order valence-corrected chi connectivity index (χ4v) is 6.48. The van der Waals surface area contributed by atoms with Crippen LogP contribution in [-0.2, 0) is 47.3 Å². The highest BCUT2D eigenvalue weighted by atomic mass is 33.1. The number of fused-ring (bicyclic) bond motifs is 5. The van der Waals surface area contributed by atoms with Crippen LogP contribution < -0.4 is 5.56 Å². The Balaban J connectivity index is 1.29. The second-order valence-electron chi connectivity index (χ2n) is 9.52. The number of nitrogens with zero attached hydrogens (tertiary/aromatic N) is 2. The summed E-state index contributed by atoms with van der Waals surface area (Å²) >= 11 is 0. The minimum Gasteiger partial charge on any atom is -0.461 e. The number of hydrogen-bond acceptors (Lipinski definition) is 11. The molecule has 0 saturated carbocycles. The Labute approximate surface area is 243 Å². The van der Waals surface area contributed by atoms with Crippen molar-refractivity contribution in [2.75, 3.05) is 24.7 Å². The van der Waals surface area contributed by atoms with Crippen LogP contribution in [0.5, 0.6) is 0 Å². The summed E-state index contributed by atoms with van der Waals surface area (Å²) in [5.74, 6) is -0.188. The van der Waals surface area contributed by atoms with Crippen molar-refractivity contribution in [1.29, 1.82) is 0 Å². The lowest BCUT2D eigenvalue weighted by Gasteiger charge is -2.35. The van der Waals surface area contributed by atoms with E-state index in [1.807, 2.05) is 30.3 Å². The molecule has 3 aromatic rings. The van der Waals surface area contributed by atoms with E-state index in [0.29, 0.717) is 40.6 Å². The molecular formula is C29H28N2O8S2. The molecule has 4 heterocycles. The third-order valence-corrected chi connectivity index (χ3v) is 9.19. The normalized spacial score (nSPS) is 16.8. The van der Waals surface area contributed by atoms with Crippen LogP contribution in [0.15, 0.2) is 53.3 Å². The molecule has 0 radical (unpaired) electrons. The van der Waals surface area contributed by atoms with Crippen LogP contribution in [-0.4, -0.2) is 52.4 Å². The van der Waals surface area contributed by atoms with Crippen LogP contribution in [0.4, 0.5) is 4.79 Å². The van der Waals surface area contributed by atoms with E-state index in [1.54, 1.807) is 24.5 Å². The fourth-order valence-electron chi connectivity index (χ4n) is 4.82. The summed E-state index contributed by atoms with van der Waals surface area (Å²) in [6, 6.07) is 11.4. The van der Waals surface area contributed by atoms with Crippen LogP contribution in [0.3, 0.4) is 0 Å². The number of rotatable bonds is 10. The molecule has 2 aliphatic heterocycles. The van der Waals surface area contributed by atoms with E-state index >= 15 is 0 Å². The van der Waals surface area contributed by atoms with Gasteiger partial charge >= 0.3 is 18.1 Å². The predicted octanol–water partition coefficient (Wildman–Crippen LogP) is 4.74. The van der Waals surface area contributed by atoms with Crippen LogP contribution in [0, 0.1) is 0 Å². The second-order valence-corrected chi connectivity index (χ2v) is 12.2. The Bertz CT molecular complexity index is 1620. The lowest BCUT2D eigenvalue weighted by molar-refractivity contribution is -0.175. The topological polar surface area (TPSA) is 123 Å². The average molecular weight is 597 g/mol. The highest BCUT2D eigenvalue weighted by molar-refractivity contribution is 8.76. The van der Waals surface area contributed by atoms with Gasteiger partial charge in [0.05, 0.1) is 29.0 Å². The molecule has 41 heavy (non-hydrogen) atoms. The molecule has 0 N–H and O–H groups in total. The summed E-state index contributed by atoms with van der Waals surface area (Å²) in [6.07, 6.45) is -0.995. The third kappa shape index (κ3) is 5.58. The molecule has 0 amide bonds. The van der Waals surface area contributed by atoms with Crippen LogP contribution >= 0.6 is 21.6 Å². The van der Waals surface area contributed by atoms with Gasteiger partial charge in [-0.2, -0.15) is 0 Å². The number of carbonyl (C=O) groups excluding carboxylic acids is 3. The quantitative estimate of drug-likeness (QED) is 0.0829. The van der Waals surface area contributed by atoms with Crippen molar-refractivity contribution in [3.05, 3.63) is 75.6 Å². The van der Waals surface area contributed by atoms with E-state index in [0.717, 1.165) is 16.5 Å². The Morgan fingerprint density at radius 2 is 1.85 bits per heavy atom. The molecule has 0 aliphatic carbocycles. The average Bonchev–Trinajstić information content (AvgIpc) is 3.32. The molecule has 0 fully saturated rings. The third-order valence-electron chi connectivity index (χ3n) is 6.86. The number of benzene rings is 1. The zero-order valence-corrected chi connectivity index (χ0v) is 24.2.